The van der Waals surface area contributed by atoms with E-state index in [4.69, 9.17) is 5.26 Å². The molecule has 0 aromatic heterocycles. The quantitative estimate of drug-likeness (QED) is 0.824. The van der Waals surface area contributed by atoms with E-state index in [-0.39, 0.29) is 5.92 Å². The van der Waals surface area contributed by atoms with Gasteiger partial charge in [-0.25, -0.2) is 8.42 Å². The van der Waals surface area contributed by atoms with Crippen LogP contribution in [-0.4, -0.2) is 13.7 Å². The van der Waals surface area contributed by atoms with Gasteiger partial charge in [0.15, 0.2) is 9.84 Å². The van der Waals surface area contributed by atoms with Crippen molar-refractivity contribution in [2.45, 2.75) is 43.3 Å². The monoisotopic (exact) mass is 263 g/mol. The maximum Gasteiger partial charge on any atom is 0.182 e. The molecule has 18 heavy (non-hydrogen) atoms. The molecule has 0 bridgehead atoms. The van der Waals surface area contributed by atoms with Gasteiger partial charge in [0.05, 0.1) is 22.1 Å². The van der Waals surface area contributed by atoms with Crippen molar-refractivity contribution in [1.29, 1.82) is 5.26 Å². The van der Waals surface area contributed by atoms with Crippen molar-refractivity contribution in [3.05, 3.63) is 29.3 Å². The Bertz CT molecular complexity index is 599. The van der Waals surface area contributed by atoms with Crippen LogP contribution in [0.15, 0.2) is 23.1 Å². The lowest BCUT2D eigenvalue weighted by Crippen LogP contribution is -2.25. The fourth-order valence-electron chi connectivity index (χ4n) is 2.62. The Morgan fingerprint density at radius 1 is 1.28 bits per heavy atom. The van der Waals surface area contributed by atoms with Gasteiger partial charge in [0.1, 0.15) is 0 Å². The average Bonchev–Trinajstić information content (AvgIpc) is 2.81. The second-order valence-electron chi connectivity index (χ2n) is 5.02. The normalized spacial score (nSPS) is 23.8. The molecule has 1 aromatic carbocycles. The standard InChI is InChI=1S/C14H17NO2S/c1-10-6-7-11(2)14(8-10)18(16,17)13-5-3-4-12(13)9-15/h6-8,12-13H,3-5H2,1-2H3. The number of hydrogen-bond donors (Lipinski definition) is 0. The number of hydrogen-bond acceptors (Lipinski definition) is 3. The van der Waals surface area contributed by atoms with Crippen LogP contribution in [0.1, 0.15) is 30.4 Å². The van der Waals surface area contributed by atoms with E-state index >= 15 is 0 Å². The summed E-state index contributed by atoms with van der Waals surface area (Å²) in [5.74, 6) is -0.352. The third-order valence-electron chi connectivity index (χ3n) is 3.67. The fourth-order valence-corrected chi connectivity index (χ4v) is 4.92. The van der Waals surface area contributed by atoms with Gasteiger partial charge in [0.25, 0.3) is 0 Å². The van der Waals surface area contributed by atoms with Crippen molar-refractivity contribution in [2.75, 3.05) is 0 Å². The van der Waals surface area contributed by atoms with E-state index in [1.54, 1.807) is 6.07 Å². The molecule has 0 N–H and O–H groups in total. The minimum absolute atomic E-state index is 0.352. The first kappa shape index (κ1) is 13.1. The molecule has 96 valence electrons. The van der Waals surface area contributed by atoms with Crippen molar-refractivity contribution in [1.82, 2.24) is 0 Å². The lowest BCUT2D eigenvalue weighted by Gasteiger charge is -2.16. The summed E-state index contributed by atoms with van der Waals surface area (Å²) in [5, 5.41) is 8.53. The van der Waals surface area contributed by atoms with Gasteiger partial charge in [-0.15, -0.1) is 0 Å². The van der Waals surface area contributed by atoms with E-state index in [0.29, 0.717) is 17.7 Å². The number of nitrogens with zero attached hydrogens (tertiary/aromatic N) is 1. The third kappa shape index (κ3) is 2.15. The molecule has 1 aliphatic carbocycles. The SMILES string of the molecule is Cc1ccc(C)c(S(=O)(=O)C2CCCC2C#N)c1. The lowest BCUT2D eigenvalue weighted by atomic mass is 10.1. The molecule has 1 fully saturated rings. The van der Waals surface area contributed by atoms with Crippen LogP contribution in [-0.2, 0) is 9.84 Å². The first-order valence-electron chi connectivity index (χ1n) is 6.17. The van der Waals surface area contributed by atoms with Crippen LogP contribution < -0.4 is 0 Å². The van der Waals surface area contributed by atoms with Crippen LogP contribution in [0.3, 0.4) is 0 Å². The third-order valence-corrected chi connectivity index (χ3v) is 6.08. The highest BCUT2D eigenvalue weighted by molar-refractivity contribution is 7.92. The first-order chi connectivity index (χ1) is 8.46. The molecule has 1 saturated carbocycles. The van der Waals surface area contributed by atoms with E-state index < -0.39 is 15.1 Å². The highest BCUT2D eigenvalue weighted by Crippen LogP contribution is 2.35. The minimum atomic E-state index is -3.38. The molecule has 1 aliphatic rings. The van der Waals surface area contributed by atoms with Crippen molar-refractivity contribution in [3.8, 4) is 6.07 Å². The van der Waals surface area contributed by atoms with Crippen molar-refractivity contribution < 1.29 is 8.42 Å². The van der Waals surface area contributed by atoms with Crippen LogP contribution in [0.5, 0.6) is 0 Å². The molecule has 3 nitrogen and oxygen atoms in total. The van der Waals surface area contributed by atoms with Gasteiger partial charge in [-0.2, -0.15) is 5.26 Å². The van der Waals surface area contributed by atoms with Gasteiger partial charge in [-0.05, 0) is 43.9 Å². The number of benzene rings is 1. The summed E-state index contributed by atoms with van der Waals surface area (Å²) in [6.45, 7) is 3.69. The Labute approximate surface area is 108 Å². The fraction of sp³-hybridized carbons (Fsp3) is 0.500. The second kappa shape index (κ2) is 4.74. The molecule has 0 amide bonds. The maximum atomic E-state index is 12.6. The van der Waals surface area contributed by atoms with Crippen LogP contribution in [0.2, 0.25) is 0 Å². The van der Waals surface area contributed by atoms with Gasteiger partial charge in [-0.3, -0.25) is 0 Å². The van der Waals surface area contributed by atoms with E-state index in [1.807, 2.05) is 26.0 Å². The Kier molecular flexibility index (Phi) is 3.45. The highest BCUT2D eigenvalue weighted by Gasteiger charge is 2.39. The summed E-state index contributed by atoms with van der Waals surface area (Å²) >= 11 is 0. The summed E-state index contributed by atoms with van der Waals surface area (Å²) in [6, 6.07) is 7.60. The first-order valence-corrected chi connectivity index (χ1v) is 7.72. The van der Waals surface area contributed by atoms with Crippen molar-refractivity contribution in [3.63, 3.8) is 0 Å². The molecular weight excluding hydrogens is 246 g/mol. The van der Waals surface area contributed by atoms with Crippen molar-refractivity contribution >= 4 is 9.84 Å². The molecule has 0 saturated heterocycles. The van der Waals surface area contributed by atoms with Crippen molar-refractivity contribution in [2.24, 2.45) is 5.92 Å². The molecule has 1 aromatic rings. The topological polar surface area (TPSA) is 57.9 Å². The Balaban J connectivity index is 2.49. The number of nitriles is 1. The Hall–Kier alpha value is -1.34. The smallest absolute Gasteiger partial charge is 0.182 e. The summed E-state index contributed by atoms with van der Waals surface area (Å²) in [7, 11) is -3.38. The van der Waals surface area contributed by atoms with E-state index in [9.17, 15) is 8.42 Å². The van der Waals surface area contributed by atoms with Gasteiger partial charge in [0, 0.05) is 0 Å². The number of rotatable bonds is 2. The maximum absolute atomic E-state index is 12.6. The zero-order valence-electron chi connectivity index (χ0n) is 10.7. The molecule has 2 rings (SSSR count). The van der Waals surface area contributed by atoms with Crippen LogP contribution in [0, 0.1) is 31.1 Å². The summed E-state index contributed by atoms with van der Waals surface area (Å²) in [4.78, 5) is 0.398. The zero-order chi connectivity index (χ0) is 13.3. The average molecular weight is 263 g/mol. The van der Waals surface area contributed by atoms with Gasteiger partial charge in [-0.1, -0.05) is 18.6 Å². The lowest BCUT2D eigenvalue weighted by molar-refractivity contribution is 0.564. The van der Waals surface area contributed by atoms with Crippen LogP contribution >= 0.6 is 0 Å². The molecule has 2 atom stereocenters. The summed E-state index contributed by atoms with van der Waals surface area (Å²) < 4.78 is 25.3. The van der Waals surface area contributed by atoms with Gasteiger partial charge < -0.3 is 0 Å². The molecule has 2 unspecified atom stereocenters. The molecular formula is C14H17NO2S. The highest BCUT2D eigenvalue weighted by atomic mass is 32.2. The molecule has 0 heterocycles. The second-order valence-corrected chi connectivity index (χ2v) is 7.15. The Morgan fingerprint density at radius 2 is 2.00 bits per heavy atom. The molecule has 4 heteroatoms. The molecule has 0 spiro atoms. The number of sulfone groups is 1. The van der Waals surface area contributed by atoms with Crippen LogP contribution in [0.4, 0.5) is 0 Å². The number of aryl methyl sites for hydroxylation is 2. The van der Waals surface area contributed by atoms with E-state index in [2.05, 4.69) is 6.07 Å². The Morgan fingerprint density at radius 3 is 2.67 bits per heavy atom. The van der Waals surface area contributed by atoms with Gasteiger partial charge >= 0.3 is 0 Å². The molecule has 0 radical (unpaired) electrons. The summed E-state index contributed by atoms with van der Waals surface area (Å²) in [6.07, 6.45) is 2.13. The predicted octanol–water partition coefficient (Wildman–Crippen LogP) is 2.77. The zero-order valence-corrected chi connectivity index (χ0v) is 11.5. The predicted molar refractivity (Wildman–Crippen MR) is 69.8 cm³/mol. The van der Waals surface area contributed by atoms with Crippen LogP contribution in [0.25, 0.3) is 0 Å². The van der Waals surface area contributed by atoms with E-state index in [1.165, 1.54) is 0 Å². The van der Waals surface area contributed by atoms with Gasteiger partial charge in [0.2, 0.25) is 0 Å². The largest absolute Gasteiger partial charge is 0.223 e. The summed E-state index contributed by atoms with van der Waals surface area (Å²) in [5.41, 5.74) is 1.70. The minimum Gasteiger partial charge on any atom is -0.223 e. The van der Waals surface area contributed by atoms with E-state index in [0.717, 1.165) is 17.5 Å². The molecule has 0 aliphatic heterocycles.